The summed E-state index contributed by atoms with van der Waals surface area (Å²) in [5.41, 5.74) is 1.76. The molecule has 0 radical (unpaired) electrons. The van der Waals surface area contributed by atoms with E-state index in [1.807, 2.05) is 55.5 Å². The van der Waals surface area contributed by atoms with Crippen molar-refractivity contribution in [2.75, 3.05) is 13.0 Å². The van der Waals surface area contributed by atoms with Crippen molar-refractivity contribution in [2.45, 2.75) is 50.8 Å². The first-order valence-corrected chi connectivity index (χ1v) is 19.5. The molecule has 290 valence electrons. The van der Waals surface area contributed by atoms with Crippen LogP contribution >= 0.6 is 7.60 Å². The van der Waals surface area contributed by atoms with Gasteiger partial charge in [0.2, 0.25) is 18.4 Å². The van der Waals surface area contributed by atoms with Gasteiger partial charge in [-0.15, -0.1) is 0 Å². The number of esters is 1. The number of rotatable bonds is 14. The van der Waals surface area contributed by atoms with E-state index in [4.69, 9.17) is 18.6 Å². The van der Waals surface area contributed by atoms with Gasteiger partial charge < -0.3 is 43.6 Å². The van der Waals surface area contributed by atoms with Crippen molar-refractivity contribution in [3.63, 3.8) is 0 Å². The van der Waals surface area contributed by atoms with Gasteiger partial charge in [-0.2, -0.15) is 4.79 Å². The summed E-state index contributed by atoms with van der Waals surface area (Å²) < 4.78 is 33.9. The number of furan rings is 1. The normalized spacial score (nSPS) is 14.6. The van der Waals surface area contributed by atoms with E-state index in [2.05, 4.69) is 10.6 Å². The summed E-state index contributed by atoms with van der Waals surface area (Å²) in [6.45, 7) is 2.51. The van der Waals surface area contributed by atoms with Gasteiger partial charge in [-0.05, 0) is 68.2 Å². The Labute approximate surface area is 379 Å². The third kappa shape index (κ3) is 12.2. The fraction of sp³-hybridized carbons (Fsp3) is 0.244. The Morgan fingerprint density at radius 1 is 0.879 bits per heavy atom. The SMILES string of the molecule is CC(NC(=O)[C@@](C)(CC1C=[N+](C(=O)OCOC(=O)c2ccc(CCP(=O)([O-])[O-])cc2)c2ccccc21)NC(=O)OCc1cc2ccccc2o1)c1ccccc1.[Na+].[Na+]. The maximum absolute atomic E-state index is 14.1. The number of carbonyl (C=O) groups excluding carboxylic acids is 4. The summed E-state index contributed by atoms with van der Waals surface area (Å²) >= 11 is 0. The zero-order valence-corrected chi connectivity index (χ0v) is 37.4. The molecule has 3 atom stereocenters. The number of para-hydroxylation sites is 2. The number of amides is 3. The van der Waals surface area contributed by atoms with Gasteiger partial charge in [0.05, 0.1) is 17.5 Å². The molecular formula is C41H39N3Na2O11P+. The van der Waals surface area contributed by atoms with Gasteiger partial charge in [-0.25, -0.2) is 9.59 Å². The molecule has 0 bridgehead atoms. The molecule has 3 amide bonds. The van der Waals surface area contributed by atoms with E-state index in [0.29, 0.717) is 28.2 Å². The quantitative estimate of drug-likeness (QED) is 0.0486. The van der Waals surface area contributed by atoms with Gasteiger partial charge in [0.25, 0.3) is 0 Å². The molecule has 0 spiro atoms. The molecule has 4 aromatic carbocycles. The average molecular weight is 827 g/mol. The molecule has 1 aliphatic heterocycles. The van der Waals surface area contributed by atoms with Crippen LogP contribution in [0.4, 0.5) is 15.3 Å². The van der Waals surface area contributed by atoms with E-state index >= 15 is 0 Å². The number of carbonyl (C=O) groups is 4. The summed E-state index contributed by atoms with van der Waals surface area (Å²) in [7, 11) is -4.66. The van der Waals surface area contributed by atoms with Gasteiger partial charge in [-0.1, -0.05) is 91.0 Å². The molecule has 5 aromatic rings. The monoisotopic (exact) mass is 826 g/mol. The maximum Gasteiger partial charge on any atom is 1.00 e. The van der Waals surface area contributed by atoms with Gasteiger partial charge in [0.1, 0.15) is 16.9 Å². The molecule has 14 nitrogen and oxygen atoms in total. The zero-order chi connectivity index (χ0) is 39.9. The van der Waals surface area contributed by atoms with E-state index in [1.54, 1.807) is 49.5 Å². The molecule has 1 aromatic heterocycles. The number of nitrogens with one attached hydrogen (secondary N) is 2. The van der Waals surface area contributed by atoms with Crippen LogP contribution in [0.2, 0.25) is 0 Å². The summed E-state index contributed by atoms with van der Waals surface area (Å²) in [4.78, 5) is 75.3. The van der Waals surface area contributed by atoms with E-state index < -0.39 is 62.1 Å². The van der Waals surface area contributed by atoms with Crippen LogP contribution in [0.5, 0.6) is 0 Å². The predicted octanol–water partition coefficient (Wildman–Crippen LogP) is -0.387. The number of hydrogen-bond acceptors (Lipinski definition) is 11. The van der Waals surface area contributed by atoms with Crippen molar-refractivity contribution in [3.05, 3.63) is 137 Å². The minimum Gasteiger partial charge on any atom is -0.811 e. The molecule has 0 saturated carbocycles. The van der Waals surface area contributed by atoms with Crippen molar-refractivity contribution in [2.24, 2.45) is 0 Å². The first-order chi connectivity index (χ1) is 26.8. The third-order valence-electron chi connectivity index (χ3n) is 9.33. The third-order valence-corrected chi connectivity index (χ3v) is 10.1. The van der Waals surface area contributed by atoms with Crippen LogP contribution in [0, 0.1) is 0 Å². The van der Waals surface area contributed by atoms with Crippen LogP contribution < -0.4 is 79.5 Å². The van der Waals surface area contributed by atoms with Crippen molar-refractivity contribution in [1.82, 2.24) is 10.6 Å². The molecule has 17 heteroatoms. The number of nitrogens with zero attached hydrogens (tertiary/aromatic N) is 1. The predicted molar refractivity (Wildman–Crippen MR) is 200 cm³/mol. The van der Waals surface area contributed by atoms with Gasteiger partial charge in [0, 0.05) is 17.0 Å². The van der Waals surface area contributed by atoms with Crippen LogP contribution in [0.1, 0.15) is 65.0 Å². The Balaban J connectivity index is 0.00000372. The fourth-order valence-electron chi connectivity index (χ4n) is 6.37. The molecule has 2 heterocycles. The van der Waals surface area contributed by atoms with E-state index in [9.17, 15) is 33.5 Å². The van der Waals surface area contributed by atoms with Crippen molar-refractivity contribution in [1.29, 1.82) is 0 Å². The summed E-state index contributed by atoms with van der Waals surface area (Å²) in [5.74, 6) is -1.43. The van der Waals surface area contributed by atoms with Crippen LogP contribution in [0.25, 0.3) is 11.0 Å². The second-order valence-electron chi connectivity index (χ2n) is 13.5. The first kappa shape index (κ1) is 46.6. The molecule has 2 N–H and O–H groups in total. The van der Waals surface area contributed by atoms with E-state index in [1.165, 1.54) is 28.8 Å². The second-order valence-corrected chi connectivity index (χ2v) is 15.2. The summed E-state index contributed by atoms with van der Waals surface area (Å²) in [5, 5.41) is 6.62. The van der Waals surface area contributed by atoms with Crippen molar-refractivity contribution in [3.8, 4) is 0 Å². The first-order valence-electron chi connectivity index (χ1n) is 17.7. The number of ether oxygens (including phenoxy) is 3. The minimum absolute atomic E-state index is 0. The number of benzene rings is 4. The Morgan fingerprint density at radius 3 is 2.26 bits per heavy atom. The van der Waals surface area contributed by atoms with Crippen molar-refractivity contribution >= 4 is 54.5 Å². The number of fused-ring (bicyclic) bond motifs is 2. The summed E-state index contributed by atoms with van der Waals surface area (Å²) in [6.07, 6.45) is -0.671. The molecule has 2 unspecified atom stereocenters. The Kier molecular flexibility index (Phi) is 16.7. The Morgan fingerprint density at radius 2 is 1.55 bits per heavy atom. The topological polar surface area (TPSA) is 199 Å². The van der Waals surface area contributed by atoms with Gasteiger partial charge in [0.15, 0.2) is 12.8 Å². The largest absolute Gasteiger partial charge is 1.00 e. The van der Waals surface area contributed by atoms with Crippen LogP contribution in [0.3, 0.4) is 0 Å². The summed E-state index contributed by atoms with van der Waals surface area (Å²) in [6, 6.07) is 30.9. The average Bonchev–Trinajstić information content (AvgIpc) is 3.77. The van der Waals surface area contributed by atoms with Crippen molar-refractivity contribution < 1.29 is 116 Å². The van der Waals surface area contributed by atoms with E-state index in [-0.39, 0.29) is 84.1 Å². The van der Waals surface area contributed by atoms with Gasteiger partial charge in [-0.3, -0.25) is 4.79 Å². The molecule has 0 saturated heterocycles. The van der Waals surface area contributed by atoms with E-state index in [0.717, 1.165) is 10.9 Å². The molecule has 1 aliphatic rings. The zero-order valence-electron chi connectivity index (χ0n) is 32.5. The smallest absolute Gasteiger partial charge is 0.811 e. The van der Waals surface area contributed by atoms with Gasteiger partial charge >= 0.3 is 77.3 Å². The second kappa shape index (κ2) is 20.7. The Hall–Kier alpha value is -4.08. The molecule has 58 heavy (non-hydrogen) atoms. The van der Waals surface area contributed by atoms with Crippen LogP contribution in [-0.2, 0) is 36.6 Å². The Bertz CT molecular complexity index is 2280. The number of aryl methyl sites for hydroxylation is 1. The molecule has 0 fully saturated rings. The van der Waals surface area contributed by atoms with Crippen LogP contribution in [-0.4, -0.2) is 53.3 Å². The standard InChI is InChI=1S/C41H40N3O11P.2Na/c1-27(29-10-4-3-5-11-29)42-38(46)41(2,43-39(47)52-25-33-22-31-12-6-9-15-36(31)55-33)23-32-24-44(35-14-8-7-13-34(32)35)40(48)54-26-53-37(45)30-18-16-28(17-19-30)20-21-56(49,50)51;;/h3-19,22,24,27,32H,20-21,23,25-26H2,1-2H3,(H3-,42,43,46,47,49,50,51);;/q;2*+1/p-1/t27?,32?,41-;;/m1../s1. The number of alkyl carbamates (subject to hydrolysis) is 1. The minimum atomic E-state index is -4.66. The van der Waals surface area contributed by atoms with Crippen LogP contribution in [0.15, 0.2) is 114 Å². The number of hydrogen-bond donors (Lipinski definition) is 2. The molecular weight excluding hydrogens is 787 g/mol. The molecule has 0 aliphatic carbocycles. The fourth-order valence-corrected chi connectivity index (χ4v) is 6.90. The maximum atomic E-state index is 14.1. The molecule has 6 rings (SSSR count).